The lowest BCUT2D eigenvalue weighted by Crippen LogP contribution is -2.37. The van der Waals surface area contributed by atoms with Crippen molar-refractivity contribution < 1.29 is 4.52 Å². The number of hydrogen-bond donors (Lipinski definition) is 1. The molecule has 0 amide bonds. The quantitative estimate of drug-likeness (QED) is 0.848. The molecule has 0 bridgehead atoms. The summed E-state index contributed by atoms with van der Waals surface area (Å²) in [6.45, 7) is 2.05. The van der Waals surface area contributed by atoms with E-state index in [-0.39, 0.29) is 0 Å². The Bertz CT molecular complexity index is 583. The number of benzene rings is 1. The molecule has 1 aromatic carbocycles. The van der Waals surface area contributed by atoms with Gasteiger partial charge >= 0.3 is 0 Å². The lowest BCUT2D eigenvalue weighted by molar-refractivity contribution is 0.334. The van der Waals surface area contributed by atoms with Crippen molar-refractivity contribution in [2.75, 3.05) is 0 Å². The van der Waals surface area contributed by atoms with Gasteiger partial charge in [-0.2, -0.15) is 4.98 Å². The molecule has 0 unspecified atom stereocenters. The molecular weight excluding hydrogens is 250 g/mol. The number of aryl methyl sites for hydroxylation is 1. The summed E-state index contributed by atoms with van der Waals surface area (Å²) in [7, 11) is 0. The summed E-state index contributed by atoms with van der Waals surface area (Å²) in [4.78, 5) is 4.56. The second-order valence-corrected chi connectivity index (χ2v) is 5.86. The fraction of sp³-hybridized carbons (Fsp3) is 0.500. The second-order valence-electron chi connectivity index (χ2n) is 5.86. The van der Waals surface area contributed by atoms with Gasteiger partial charge < -0.3 is 10.3 Å². The molecule has 1 fully saturated rings. The number of hydrogen-bond acceptors (Lipinski definition) is 4. The fourth-order valence-electron chi connectivity index (χ4n) is 2.90. The molecule has 1 saturated carbocycles. The first kappa shape index (κ1) is 13.3. The van der Waals surface area contributed by atoms with Gasteiger partial charge in [0.05, 0.1) is 5.54 Å². The molecular formula is C16H21N3O. The van der Waals surface area contributed by atoms with Gasteiger partial charge in [0.15, 0.2) is 5.82 Å². The lowest BCUT2D eigenvalue weighted by atomic mass is 9.91. The van der Waals surface area contributed by atoms with Crippen molar-refractivity contribution in [3.8, 4) is 11.5 Å². The summed E-state index contributed by atoms with van der Waals surface area (Å²) in [5, 5.41) is 4.15. The van der Waals surface area contributed by atoms with E-state index in [1.165, 1.54) is 18.4 Å². The molecule has 1 aliphatic carbocycles. The van der Waals surface area contributed by atoms with E-state index in [1.807, 2.05) is 18.2 Å². The maximum Gasteiger partial charge on any atom is 0.257 e. The summed E-state index contributed by atoms with van der Waals surface area (Å²) in [5.41, 5.74) is 8.24. The Balaban J connectivity index is 1.89. The Kier molecular flexibility index (Phi) is 3.57. The molecule has 1 aliphatic rings. The summed E-state index contributed by atoms with van der Waals surface area (Å²) in [5.74, 6) is 1.23. The van der Waals surface area contributed by atoms with Crippen LogP contribution in [0.4, 0.5) is 0 Å². The Hall–Kier alpha value is -1.68. The highest BCUT2D eigenvalue weighted by Crippen LogP contribution is 2.33. The van der Waals surface area contributed by atoms with Crippen LogP contribution < -0.4 is 5.73 Å². The molecule has 1 heterocycles. The minimum Gasteiger partial charge on any atom is -0.334 e. The Morgan fingerprint density at radius 1 is 1.15 bits per heavy atom. The van der Waals surface area contributed by atoms with Crippen LogP contribution in [0.3, 0.4) is 0 Å². The minimum absolute atomic E-state index is 0.415. The Morgan fingerprint density at radius 2 is 1.90 bits per heavy atom. The highest BCUT2D eigenvalue weighted by molar-refractivity contribution is 5.53. The predicted octanol–water partition coefficient (Wildman–Crippen LogP) is 3.55. The third-order valence-electron chi connectivity index (χ3n) is 4.13. The molecule has 4 heteroatoms. The van der Waals surface area contributed by atoms with Crippen molar-refractivity contribution in [2.45, 2.75) is 51.0 Å². The summed E-state index contributed by atoms with van der Waals surface area (Å²) >= 11 is 0. The topological polar surface area (TPSA) is 64.9 Å². The first-order chi connectivity index (χ1) is 9.67. The zero-order chi connectivity index (χ0) is 14.0. The second kappa shape index (κ2) is 5.37. The molecule has 2 aromatic rings. The maximum atomic E-state index is 6.52. The number of nitrogens with zero attached hydrogens (tertiary/aromatic N) is 2. The van der Waals surface area contributed by atoms with E-state index in [9.17, 15) is 0 Å². The van der Waals surface area contributed by atoms with Crippen LogP contribution in [0.1, 0.15) is 49.9 Å². The third-order valence-corrected chi connectivity index (χ3v) is 4.13. The highest BCUT2D eigenvalue weighted by atomic mass is 16.5. The van der Waals surface area contributed by atoms with E-state index in [2.05, 4.69) is 23.1 Å². The van der Waals surface area contributed by atoms with E-state index in [0.717, 1.165) is 31.2 Å². The highest BCUT2D eigenvalue weighted by Gasteiger charge is 2.33. The number of aromatic nitrogens is 2. The van der Waals surface area contributed by atoms with Crippen molar-refractivity contribution in [1.82, 2.24) is 10.1 Å². The van der Waals surface area contributed by atoms with Crippen LogP contribution in [0.5, 0.6) is 0 Å². The van der Waals surface area contributed by atoms with Crippen molar-refractivity contribution in [3.05, 3.63) is 35.7 Å². The van der Waals surface area contributed by atoms with E-state index >= 15 is 0 Å². The number of nitrogens with two attached hydrogens (primary N) is 1. The molecule has 0 aliphatic heterocycles. The van der Waals surface area contributed by atoms with Gasteiger partial charge in [0.1, 0.15) is 0 Å². The van der Waals surface area contributed by atoms with Crippen molar-refractivity contribution in [3.63, 3.8) is 0 Å². The van der Waals surface area contributed by atoms with Gasteiger partial charge in [-0.05, 0) is 31.9 Å². The van der Waals surface area contributed by atoms with E-state index in [1.54, 1.807) is 0 Å². The molecule has 20 heavy (non-hydrogen) atoms. The molecule has 106 valence electrons. The van der Waals surface area contributed by atoms with Gasteiger partial charge in [-0.15, -0.1) is 0 Å². The van der Waals surface area contributed by atoms with Crippen LogP contribution in [0.15, 0.2) is 28.8 Å². The molecule has 4 nitrogen and oxygen atoms in total. The number of rotatable bonds is 2. The van der Waals surface area contributed by atoms with Crippen LogP contribution in [-0.4, -0.2) is 10.1 Å². The average molecular weight is 271 g/mol. The van der Waals surface area contributed by atoms with Crippen molar-refractivity contribution in [2.24, 2.45) is 5.73 Å². The van der Waals surface area contributed by atoms with Crippen molar-refractivity contribution in [1.29, 1.82) is 0 Å². The summed E-state index contributed by atoms with van der Waals surface area (Å²) in [6, 6.07) is 8.09. The first-order valence-electron chi connectivity index (χ1n) is 7.37. The Morgan fingerprint density at radius 3 is 2.60 bits per heavy atom. The molecule has 1 aromatic heterocycles. The van der Waals surface area contributed by atoms with E-state index < -0.39 is 5.54 Å². The summed E-state index contributed by atoms with van der Waals surface area (Å²) < 4.78 is 5.42. The van der Waals surface area contributed by atoms with Gasteiger partial charge in [-0.1, -0.05) is 48.5 Å². The van der Waals surface area contributed by atoms with Gasteiger partial charge in [0, 0.05) is 5.56 Å². The van der Waals surface area contributed by atoms with E-state index in [4.69, 9.17) is 10.3 Å². The largest absolute Gasteiger partial charge is 0.334 e. The molecule has 0 radical (unpaired) electrons. The van der Waals surface area contributed by atoms with Gasteiger partial charge in [0.2, 0.25) is 0 Å². The zero-order valence-electron chi connectivity index (χ0n) is 11.9. The van der Waals surface area contributed by atoms with Crippen LogP contribution >= 0.6 is 0 Å². The lowest BCUT2D eigenvalue weighted by Gasteiger charge is -2.23. The SMILES string of the molecule is Cc1cccc(-c2nc(C3(N)CCCCCC3)no2)c1. The maximum absolute atomic E-state index is 6.52. The van der Waals surface area contributed by atoms with E-state index in [0.29, 0.717) is 11.7 Å². The van der Waals surface area contributed by atoms with Gasteiger partial charge in [-0.25, -0.2) is 0 Å². The van der Waals surface area contributed by atoms with Crippen LogP contribution in [0.2, 0.25) is 0 Å². The molecule has 0 atom stereocenters. The molecule has 0 saturated heterocycles. The van der Waals surface area contributed by atoms with Crippen molar-refractivity contribution >= 4 is 0 Å². The normalized spacial score (nSPS) is 18.7. The van der Waals surface area contributed by atoms with Gasteiger partial charge in [-0.3, -0.25) is 0 Å². The fourth-order valence-corrected chi connectivity index (χ4v) is 2.90. The monoisotopic (exact) mass is 271 g/mol. The minimum atomic E-state index is -0.415. The molecule has 3 rings (SSSR count). The smallest absolute Gasteiger partial charge is 0.257 e. The van der Waals surface area contributed by atoms with Crippen LogP contribution in [0.25, 0.3) is 11.5 Å². The molecule has 0 spiro atoms. The third kappa shape index (κ3) is 2.61. The zero-order valence-corrected chi connectivity index (χ0v) is 11.9. The summed E-state index contributed by atoms with van der Waals surface area (Å²) in [6.07, 6.45) is 6.68. The predicted molar refractivity (Wildman–Crippen MR) is 78.0 cm³/mol. The Labute approximate surface area is 119 Å². The first-order valence-corrected chi connectivity index (χ1v) is 7.37. The van der Waals surface area contributed by atoms with Crippen LogP contribution in [-0.2, 0) is 5.54 Å². The van der Waals surface area contributed by atoms with Crippen LogP contribution in [0, 0.1) is 6.92 Å². The average Bonchev–Trinajstić information content (AvgIpc) is 2.84. The van der Waals surface area contributed by atoms with Gasteiger partial charge in [0.25, 0.3) is 5.89 Å². The standard InChI is InChI=1S/C16H21N3O/c1-12-7-6-8-13(11-12)14-18-15(19-20-14)16(17)9-4-2-3-5-10-16/h6-8,11H,2-5,9-10,17H2,1H3. The molecule has 2 N–H and O–H groups in total.